The zero-order valence-corrected chi connectivity index (χ0v) is 10.4. The Morgan fingerprint density at radius 2 is 2.11 bits per heavy atom. The number of hydrogen-bond donors (Lipinski definition) is 1. The first-order valence-corrected chi connectivity index (χ1v) is 5.74. The average Bonchev–Trinajstić information content (AvgIpc) is 2.90. The molecule has 0 aliphatic carbocycles. The van der Waals surface area contributed by atoms with Crippen molar-refractivity contribution < 1.29 is 18.7 Å². The third kappa shape index (κ3) is 3.70. The van der Waals surface area contributed by atoms with E-state index in [-0.39, 0.29) is 12.3 Å². The Hall–Kier alpha value is -2.56. The van der Waals surface area contributed by atoms with Crippen LogP contribution in [0.1, 0.15) is 16.1 Å². The lowest BCUT2D eigenvalue weighted by atomic mass is 10.2. The van der Waals surface area contributed by atoms with E-state index in [1.165, 1.54) is 12.3 Å². The minimum Gasteiger partial charge on any atom is -0.459 e. The van der Waals surface area contributed by atoms with Gasteiger partial charge in [-0.1, -0.05) is 12.1 Å². The standard InChI is InChI=1S/C14H13NO4/c1-10-4-2-5-11(8-10)19-13(16)9-15-14(17)12-6-3-7-18-12/h2-8H,9H2,1H3,(H,15,17). The number of aryl methyl sites for hydroxylation is 1. The van der Waals surface area contributed by atoms with Crippen LogP contribution in [0.25, 0.3) is 0 Å². The lowest BCUT2D eigenvalue weighted by molar-refractivity contribution is -0.133. The molecule has 1 N–H and O–H groups in total. The van der Waals surface area contributed by atoms with Gasteiger partial charge >= 0.3 is 5.97 Å². The molecule has 19 heavy (non-hydrogen) atoms. The van der Waals surface area contributed by atoms with Gasteiger partial charge in [0.2, 0.25) is 0 Å². The fraction of sp³-hybridized carbons (Fsp3) is 0.143. The van der Waals surface area contributed by atoms with E-state index in [1.54, 1.807) is 24.3 Å². The highest BCUT2D eigenvalue weighted by atomic mass is 16.5. The molecule has 0 spiro atoms. The van der Waals surface area contributed by atoms with Crippen molar-refractivity contribution in [3.63, 3.8) is 0 Å². The maximum atomic E-state index is 11.5. The number of rotatable bonds is 4. The molecule has 0 atom stereocenters. The van der Waals surface area contributed by atoms with Gasteiger partial charge < -0.3 is 14.5 Å². The molecule has 98 valence electrons. The number of carbonyl (C=O) groups excluding carboxylic acids is 2. The lowest BCUT2D eigenvalue weighted by Gasteiger charge is -2.05. The summed E-state index contributed by atoms with van der Waals surface area (Å²) >= 11 is 0. The molecule has 0 radical (unpaired) electrons. The topological polar surface area (TPSA) is 68.5 Å². The second-order valence-electron chi connectivity index (χ2n) is 3.95. The summed E-state index contributed by atoms with van der Waals surface area (Å²) in [7, 11) is 0. The first-order chi connectivity index (χ1) is 9.15. The predicted molar refractivity (Wildman–Crippen MR) is 67.9 cm³/mol. The van der Waals surface area contributed by atoms with E-state index in [4.69, 9.17) is 9.15 Å². The highest BCUT2D eigenvalue weighted by molar-refractivity contribution is 5.93. The number of esters is 1. The van der Waals surface area contributed by atoms with E-state index in [2.05, 4.69) is 5.32 Å². The van der Waals surface area contributed by atoms with E-state index < -0.39 is 11.9 Å². The van der Waals surface area contributed by atoms with Gasteiger partial charge in [0, 0.05) is 0 Å². The van der Waals surface area contributed by atoms with Crippen LogP contribution in [0.15, 0.2) is 47.1 Å². The normalized spacial score (nSPS) is 9.95. The molecule has 2 aromatic rings. The second-order valence-corrected chi connectivity index (χ2v) is 3.95. The van der Waals surface area contributed by atoms with Gasteiger partial charge in [-0.05, 0) is 36.8 Å². The highest BCUT2D eigenvalue weighted by Crippen LogP contribution is 2.12. The highest BCUT2D eigenvalue weighted by Gasteiger charge is 2.11. The summed E-state index contributed by atoms with van der Waals surface area (Å²) in [4.78, 5) is 23.0. The van der Waals surface area contributed by atoms with Gasteiger partial charge in [0.15, 0.2) is 5.76 Å². The van der Waals surface area contributed by atoms with Crippen molar-refractivity contribution in [1.82, 2.24) is 5.32 Å². The number of hydrogen-bond acceptors (Lipinski definition) is 4. The van der Waals surface area contributed by atoms with Gasteiger partial charge in [0.25, 0.3) is 5.91 Å². The fourth-order valence-corrected chi connectivity index (χ4v) is 1.49. The number of benzene rings is 1. The Morgan fingerprint density at radius 1 is 1.26 bits per heavy atom. The zero-order valence-electron chi connectivity index (χ0n) is 10.4. The Morgan fingerprint density at radius 3 is 2.79 bits per heavy atom. The molecule has 1 aromatic carbocycles. The molecule has 0 unspecified atom stereocenters. The molecule has 0 bridgehead atoms. The van der Waals surface area contributed by atoms with Crippen LogP contribution in [0, 0.1) is 6.92 Å². The van der Waals surface area contributed by atoms with Gasteiger partial charge in [-0.2, -0.15) is 0 Å². The van der Waals surface area contributed by atoms with E-state index in [0.29, 0.717) is 5.75 Å². The number of amides is 1. The van der Waals surface area contributed by atoms with Crippen LogP contribution >= 0.6 is 0 Å². The predicted octanol–water partition coefficient (Wildman–Crippen LogP) is 1.92. The van der Waals surface area contributed by atoms with Crippen molar-refractivity contribution in [3.05, 3.63) is 54.0 Å². The molecule has 0 aliphatic heterocycles. The summed E-state index contributed by atoms with van der Waals surface area (Å²) in [6.07, 6.45) is 1.39. The Labute approximate surface area is 110 Å². The van der Waals surface area contributed by atoms with Gasteiger partial charge in [-0.25, -0.2) is 4.79 Å². The molecule has 1 amide bonds. The SMILES string of the molecule is Cc1cccc(OC(=O)CNC(=O)c2ccco2)c1. The van der Waals surface area contributed by atoms with Crippen LogP contribution in [0.2, 0.25) is 0 Å². The van der Waals surface area contributed by atoms with Crippen LogP contribution < -0.4 is 10.1 Å². The first-order valence-electron chi connectivity index (χ1n) is 5.74. The summed E-state index contributed by atoms with van der Waals surface area (Å²) in [5, 5.41) is 2.41. The van der Waals surface area contributed by atoms with Crippen LogP contribution in [-0.2, 0) is 4.79 Å². The van der Waals surface area contributed by atoms with Crippen molar-refractivity contribution in [1.29, 1.82) is 0 Å². The van der Waals surface area contributed by atoms with E-state index >= 15 is 0 Å². The first kappa shape index (κ1) is 12.9. The minimum absolute atomic E-state index is 0.156. The van der Waals surface area contributed by atoms with Crippen molar-refractivity contribution in [2.24, 2.45) is 0 Å². The molecule has 0 saturated carbocycles. The smallest absolute Gasteiger partial charge is 0.330 e. The second kappa shape index (κ2) is 5.86. The fourth-order valence-electron chi connectivity index (χ4n) is 1.49. The Kier molecular flexibility index (Phi) is 3.97. The van der Waals surface area contributed by atoms with Crippen LogP contribution in [0.5, 0.6) is 5.75 Å². The molecule has 0 fully saturated rings. The molecule has 1 heterocycles. The van der Waals surface area contributed by atoms with E-state index in [1.807, 2.05) is 13.0 Å². The third-order valence-corrected chi connectivity index (χ3v) is 2.36. The van der Waals surface area contributed by atoms with Gasteiger partial charge in [-0.15, -0.1) is 0 Å². The summed E-state index contributed by atoms with van der Waals surface area (Å²) in [5.74, 6) is -0.377. The molecule has 2 rings (SSSR count). The van der Waals surface area contributed by atoms with Crippen LogP contribution in [0.3, 0.4) is 0 Å². The Bertz CT molecular complexity index is 575. The van der Waals surface area contributed by atoms with Crippen molar-refractivity contribution in [2.45, 2.75) is 6.92 Å². The van der Waals surface area contributed by atoms with Crippen molar-refractivity contribution >= 4 is 11.9 Å². The summed E-state index contributed by atoms with van der Waals surface area (Å²) in [5.41, 5.74) is 0.991. The Balaban J connectivity index is 1.83. The van der Waals surface area contributed by atoms with Crippen LogP contribution in [0.4, 0.5) is 0 Å². The summed E-state index contributed by atoms with van der Waals surface area (Å²) < 4.78 is 9.98. The monoisotopic (exact) mass is 259 g/mol. The van der Waals surface area contributed by atoms with Crippen molar-refractivity contribution in [3.8, 4) is 5.75 Å². The molecular formula is C14H13NO4. The molecular weight excluding hydrogens is 246 g/mol. The molecule has 5 nitrogen and oxygen atoms in total. The van der Waals surface area contributed by atoms with Gasteiger partial charge in [0.1, 0.15) is 12.3 Å². The third-order valence-electron chi connectivity index (χ3n) is 2.36. The van der Waals surface area contributed by atoms with Crippen LogP contribution in [-0.4, -0.2) is 18.4 Å². The molecule has 1 aromatic heterocycles. The average molecular weight is 259 g/mol. The van der Waals surface area contributed by atoms with E-state index in [9.17, 15) is 9.59 Å². The molecule has 0 aliphatic rings. The molecule has 0 saturated heterocycles. The van der Waals surface area contributed by atoms with Crippen molar-refractivity contribution in [2.75, 3.05) is 6.54 Å². The quantitative estimate of drug-likeness (QED) is 0.672. The lowest BCUT2D eigenvalue weighted by Crippen LogP contribution is -2.31. The van der Waals surface area contributed by atoms with E-state index in [0.717, 1.165) is 5.56 Å². The largest absolute Gasteiger partial charge is 0.459 e. The maximum absolute atomic E-state index is 11.5. The zero-order chi connectivity index (χ0) is 13.7. The van der Waals surface area contributed by atoms with Gasteiger partial charge in [0.05, 0.1) is 6.26 Å². The minimum atomic E-state index is -0.537. The number of furan rings is 1. The molecule has 5 heteroatoms. The number of carbonyl (C=O) groups is 2. The van der Waals surface area contributed by atoms with Gasteiger partial charge in [-0.3, -0.25) is 4.79 Å². The number of nitrogens with one attached hydrogen (secondary N) is 1. The maximum Gasteiger partial charge on any atom is 0.330 e. The summed E-state index contributed by atoms with van der Waals surface area (Å²) in [6.45, 7) is 1.68. The summed E-state index contributed by atoms with van der Waals surface area (Å²) in [6, 6.07) is 10.2. The number of ether oxygens (including phenoxy) is 1.